The van der Waals surface area contributed by atoms with Gasteiger partial charge in [-0.15, -0.1) is 0 Å². The zero-order valence-corrected chi connectivity index (χ0v) is 12.9. The largest absolute Gasteiger partial charge is 0.365 e. The maximum atomic E-state index is 12.4. The second kappa shape index (κ2) is 7.02. The third-order valence-electron chi connectivity index (χ3n) is 4.26. The minimum absolute atomic E-state index is 0.0183. The number of hydrogen-bond acceptors (Lipinski definition) is 6. The molecule has 0 spiro atoms. The Labute approximate surface area is 130 Å². The van der Waals surface area contributed by atoms with E-state index in [1.54, 1.807) is 18.5 Å². The van der Waals surface area contributed by atoms with Gasteiger partial charge >= 0.3 is 0 Å². The van der Waals surface area contributed by atoms with Gasteiger partial charge in [0.25, 0.3) is 5.91 Å². The minimum Gasteiger partial charge on any atom is -0.365 e. The van der Waals surface area contributed by atoms with Crippen molar-refractivity contribution in [2.24, 2.45) is 0 Å². The molecule has 0 unspecified atom stereocenters. The first-order valence-corrected chi connectivity index (χ1v) is 7.85. The van der Waals surface area contributed by atoms with Crippen LogP contribution < -0.4 is 10.2 Å². The zero-order valence-electron chi connectivity index (χ0n) is 12.9. The van der Waals surface area contributed by atoms with E-state index in [1.807, 2.05) is 4.90 Å². The number of amides is 1. The highest BCUT2D eigenvalue weighted by atomic mass is 16.5. The quantitative estimate of drug-likeness (QED) is 0.840. The fourth-order valence-corrected chi connectivity index (χ4v) is 2.89. The molecule has 0 aliphatic carbocycles. The van der Waals surface area contributed by atoms with E-state index in [2.05, 4.69) is 27.2 Å². The van der Waals surface area contributed by atoms with Crippen molar-refractivity contribution in [2.45, 2.75) is 25.0 Å². The summed E-state index contributed by atoms with van der Waals surface area (Å²) in [5.74, 6) is 0.637. The predicted octanol–water partition coefficient (Wildman–Crippen LogP) is -0.108. The van der Waals surface area contributed by atoms with Crippen LogP contribution in [-0.4, -0.2) is 72.8 Å². The van der Waals surface area contributed by atoms with Gasteiger partial charge in [0.05, 0.1) is 13.2 Å². The molecule has 22 heavy (non-hydrogen) atoms. The Morgan fingerprint density at radius 1 is 1.27 bits per heavy atom. The molecule has 1 N–H and O–H groups in total. The second-order valence-corrected chi connectivity index (χ2v) is 5.94. The lowest BCUT2D eigenvalue weighted by Crippen LogP contribution is -2.53. The van der Waals surface area contributed by atoms with Gasteiger partial charge in [0, 0.05) is 25.0 Å². The van der Waals surface area contributed by atoms with Crippen molar-refractivity contribution in [3.63, 3.8) is 0 Å². The van der Waals surface area contributed by atoms with Crippen LogP contribution in [0.2, 0.25) is 0 Å². The molecular formula is C15H23N5O2. The van der Waals surface area contributed by atoms with E-state index in [9.17, 15) is 4.79 Å². The third-order valence-corrected chi connectivity index (χ3v) is 4.26. The monoisotopic (exact) mass is 305 g/mol. The summed E-state index contributed by atoms with van der Waals surface area (Å²) in [6.45, 7) is 3.79. The van der Waals surface area contributed by atoms with Gasteiger partial charge in [0.2, 0.25) is 5.95 Å². The number of anilines is 1. The number of aromatic nitrogens is 2. The van der Waals surface area contributed by atoms with Crippen LogP contribution in [0.25, 0.3) is 0 Å². The highest BCUT2D eigenvalue weighted by molar-refractivity contribution is 5.82. The van der Waals surface area contributed by atoms with Crippen LogP contribution in [0.15, 0.2) is 18.5 Å². The van der Waals surface area contributed by atoms with Crippen LogP contribution >= 0.6 is 0 Å². The molecule has 0 radical (unpaired) electrons. The van der Waals surface area contributed by atoms with E-state index in [0.29, 0.717) is 25.6 Å². The predicted molar refractivity (Wildman–Crippen MR) is 82.6 cm³/mol. The van der Waals surface area contributed by atoms with Crippen molar-refractivity contribution in [2.75, 3.05) is 44.7 Å². The summed E-state index contributed by atoms with van der Waals surface area (Å²) >= 11 is 0. The summed E-state index contributed by atoms with van der Waals surface area (Å²) in [4.78, 5) is 25.2. The lowest BCUT2D eigenvalue weighted by Gasteiger charge is -2.34. The number of nitrogens with zero attached hydrogens (tertiary/aromatic N) is 4. The van der Waals surface area contributed by atoms with Gasteiger partial charge in [-0.05, 0) is 39.0 Å². The van der Waals surface area contributed by atoms with Crippen molar-refractivity contribution in [1.29, 1.82) is 0 Å². The smallest absolute Gasteiger partial charge is 0.251 e. The molecule has 1 aromatic heterocycles. The summed E-state index contributed by atoms with van der Waals surface area (Å²) in [6.07, 6.45) is 4.98. The molecule has 0 saturated carbocycles. The first kappa shape index (κ1) is 15.2. The lowest BCUT2D eigenvalue weighted by molar-refractivity contribution is -0.134. The minimum atomic E-state index is -0.447. The van der Waals surface area contributed by atoms with Gasteiger partial charge in [-0.1, -0.05) is 0 Å². The van der Waals surface area contributed by atoms with Crippen molar-refractivity contribution in [1.82, 2.24) is 20.2 Å². The summed E-state index contributed by atoms with van der Waals surface area (Å²) in [5, 5.41) is 3.12. The molecule has 3 heterocycles. The topological polar surface area (TPSA) is 70.6 Å². The Balaban J connectivity index is 1.54. The number of hydrogen-bond donors (Lipinski definition) is 1. The number of carbonyl (C=O) groups excluding carboxylic acids is 1. The SMILES string of the molecule is CN1CCC(NC(=O)[C@H]2CN(c3ncccn3)CCO2)CC1. The molecule has 2 aliphatic heterocycles. The summed E-state index contributed by atoms with van der Waals surface area (Å²) in [7, 11) is 2.11. The van der Waals surface area contributed by atoms with E-state index >= 15 is 0 Å². The van der Waals surface area contributed by atoms with Gasteiger partial charge < -0.3 is 19.9 Å². The molecule has 1 amide bonds. The zero-order chi connectivity index (χ0) is 15.4. The Kier molecular flexibility index (Phi) is 4.84. The number of likely N-dealkylation sites (tertiary alicyclic amines) is 1. The Hall–Kier alpha value is -1.73. The van der Waals surface area contributed by atoms with E-state index < -0.39 is 6.10 Å². The molecule has 2 aliphatic rings. The molecule has 3 rings (SSSR count). The highest BCUT2D eigenvalue weighted by Gasteiger charge is 2.29. The van der Waals surface area contributed by atoms with Crippen LogP contribution in [0.5, 0.6) is 0 Å². The van der Waals surface area contributed by atoms with Crippen LogP contribution in [0, 0.1) is 0 Å². The molecule has 0 bridgehead atoms. The number of morpholine rings is 1. The van der Waals surface area contributed by atoms with Crippen molar-refractivity contribution < 1.29 is 9.53 Å². The van der Waals surface area contributed by atoms with E-state index in [1.165, 1.54) is 0 Å². The molecule has 1 atom stereocenters. The lowest BCUT2D eigenvalue weighted by atomic mass is 10.1. The average Bonchev–Trinajstić information content (AvgIpc) is 2.58. The molecule has 1 aromatic rings. The Morgan fingerprint density at radius 2 is 2.00 bits per heavy atom. The van der Waals surface area contributed by atoms with Gasteiger partial charge in [-0.25, -0.2) is 9.97 Å². The number of carbonyl (C=O) groups is 1. The van der Waals surface area contributed by atoms with E-state index in [4.69, 9.17) is 4.74 Å². The first-order valence-electron chi connectivity index (χ1n) is 7.85. The number of piperidine rings is 1. The highest BCUT2D eigenvalue weighted by Crippen LogP contribution is 2.13. The second-order valence-electron chi connectivity index (χ2n) is 5.94. The van der Waals surface area contributed by atoms with Crippen LogP contribution in [0.4, 0.5) is 5.95 Å². The van der Waals surface area contributed by atoms with Crippen molar-refractivity contribution in [3.05, 3.63) is 18.5 Å². The molecule has 120 valence electrons. The van der Waals surface area contributed by atoms with Crippen LogP contribution in [-0.2, 0) is 9.53 Å². The molecule has 2 fully saturated rings. The van der Waals surface area contributed by atoms with E-state index in [0.717, 1.165) is 25.9 Å². The van der Waals surface area contributed by atoms with Gasteiger partial charge in [-0.3, -0.25) is 4.79 Å². The summed E-state index contributed by atoms with van der Waals surface area (Å²) in [5.41, 5.74) is 0. The molecule has 7 nitrogen and oxygen atoms in total. The first-order chi connectivity index (χ1) is 10.7. The molecule has 0 aromatic carbocycles. The molecule has 2 saturated heterocycles. The van der Waals surface area contributed by atoms with Crippen molar-refractivity contribution in [3.8, 4) is 0 Å². The van der Waals surface area contributed by atoms with Crippen LogP contribution in [0.1, 0.15) is 12.8 Å². The Bertz CT molecular complexity index is 490. The number of nitrogens with one attached hydrogen (secondary N) is 1. The normalized spacial score (nSPS) is 24.2. The molecular weight excluding hydrogens is 282 g/mol. The van der Waals surface area contributed by atoms with Crippen molar-refractivity contribution >= 4 is 11.9 Å². The van der Waals surface area contributed by atoms with Crippen LogP contribution in [0.3, 0.4) is 0 Å². The van der Waals surface area contributed by atoms with E-state index in [-0.39, 0.29) is 11.9 Å². The standard InChI is InChI=1S/C15H23N5O2/c1-19-7-3-12(4-8-19)18-14(21)13-11-20(9-10-22-13)15-16-5-2-6-17-15/h2,5-6,12-13H,3-4,7-11H2,1H3,(H,18,21)/t13-/m1/s1. The van der Waals surface area contributed by atoms with Gasteiger partial charge in [-0.2, -0.15) is 0 Å². The fourth-order valence-electron chi connectivity index (χ4n) is 2.89. The maximum absolute atomic E-state index is 12.4. The summed E-state index contributed by atoms with van der Waals surface area (Å²) < 4.78 is 5.63. The third kappa shape index (κ3) is 3.72. The Morgan fingerprint density at radius 3 is 2.73 bits per heavy atom. The number of ether oxygens (including phenoxy) is 1. The van der Waals surface area contributed by atoms with Gasteiger partial charge in [0.1, 0.15) is 0 Å². The average molecular weight is 305 g/mol. The fraction of sp³-hybridized carbons (Fsp3) is 0.667. The maximum Gasteiger partial charge on any atom is 0.251 e. The summed E-state index contributed by atoms with van der Waals surface area (Å²) in [6, 6.07) is 2.05. The van der Waals surface area contributed by atoms with Gasteiger partial charge in [0.15, 0.2) is 6.10 Å². The molecule has 7 heteroatoms. The number of rotatable bonds is 3.